The zero-order chi connectivity index (χ0) is 17.9. The molecule has 2 rings (SSSR count). The summed E-state index contributed by atoms with van der Waals surface area (Å²) in [6.45, 7) is 3.27. The zero-order valence-corrected chi connectivity index (χ0v) is 14.3. The monoisotopic (exact) mass is 341 g/mol. The van der Waals surface area contributed by atoms with Crippen molar-refractivity contribution in [3.63, 3.8) is 0 Å². The smallest absolute Gasteiger partial charge is 0.332 e. The summed E-state index contributed by atoms with van der Waals surface area (Å²) in [6, 6.07) is 14.8. The Hall–Kier alpha value is -3.02. The summed E-state index contributed by atoms with van der Waals surface area (Å²) in [7, 11) is 0. The Morgan fingerprint density at radius 3 is 2.52 bits per heavy atom. The summed E-state index contributed by atoms with van der Waals surface area (Å²) >= 11 is 0. The summed E-state index contributed by atoms with van der Waals surface area (Å²) in [6.07, 6.45) is 3.30. The van der Waals surface area contributed by atoms with Crippen LogP contribution in [0.4, 0.5) is 4.79 Å². The summed E-state index contributed by atoms with van der Waals surface area (Å²) < 4.78 is 11.4. The van der Waals surface area contributed by atoms with Crippen LogP contribution in [0, 0.1) is 0 Å². The molecule has 0 aromatic heterocycles. The van der Waals surface area contributed by atoms with E-state index in [0.29, 0.717) is 13.2 Å². The summed E-state index contributed by atoms with van der Waals surface area (Å²) in [5.74, 6) is 1.60. The Labute approximate surface area is 147 Å². The van der Waals surface area contributed by atoms with E-state index in [9.17, 15) is 4.79 Å². The maximum atomic E-state index is 10.6. The quantitative estimate of drug-likeness (QED) is 0.417. The van der Waals surface area contributed by atoms with Crippen LogP contribution in [0.15, 0.2) is 53.6 Å². The molecule has 2 aromatic rings. The van der Waals surface area contributed by atoms with Crippen molar-refractivity contribution in [2.45, 2.75) is 19.8 Å². The maximum Gasteiger partial charge on any atom is 0.332 e. The number of rotatable bonds is 9. The summed E-state index contributed by atoms with van der Waals surface area (Å²) in [5.41, 5.74) is 9.18. The fourth-order valence-electron chi connectivity index (χ4n) is 2.12. The number of benzene rings is 2. The van der Waals surface area contributed by atoms with Crippen molar-refractivity contribution in [2.75, 3.05) is 13.2 Å². The summed E-state index contributed by atoms with van der Waals surface area (Å²) in [4.78, 5) is 10.6. The third-order valence-corrected chi connectivity index (χ3v) is 3.40. The second-order valence-corrected chi connectivity index (χ2v) is 5.35. The number of hydrogen-bond donors (Lipinski definition) is 2. The molecule has 0 saturated carbocycles. The number of hydrazone groups is 1. The van der Waals surface area contributed by atoms with E-state index in [2.05, 4.69) is 29.6 Å². The lowest BCUT2D eigenvalue weighted by Gasteiger charge is -2.09. The van der Waals surface area contributed by atoms with Gasteiger partial charge in [0.2, 0.25) is 0 Å². The Morgan fingerprint density at radius 2 is 1.84 bits per heavy atom. The van der Waals surface area contributed by atoms with Gasteiger partial charge in [0.25, 0.3) is 0 Å². The number of primary amides is 1. The molecule has 0 heterocycles. The van der Waals surface area contributed by atoms with Gasteiger partial charge in [0.1, 0.15) is 11.5 Å². The molecule has 0 radical (unpaired) electrons. The van der Waals surface area contributed by atoms with Gasteiger partial charge in [-0.2, -0.15) is 5.10 Å². The van der Waals surface area contributed by atoms with Crippen LogP contribution in [0.5, 0.6) is 11.5 Å². The lowest BCUT2D eigenvalue weighted by molar-refractivity contribution is 0.247. The van der Waals surface area contributed by atoms with Crippen molar-refractivity contribution >= 4 is 12.2 Å². The van der Waals surface area contributed by atoms with E-state index in [-0.39, 0.29) is 0 Å². The number of urea groups is 1. The molecule has 0 aliphatic rings. The molecule has 0 atom stereocenters. The van der Waals surface area contributed by atoms with E-state index in [1.54, 1.807) is 0 Å². The lowest BCUT2D eigenvalue weighted by Crippen LogP contribution is -2.24. The second kappa shape index (κ2) is 9.97. The van der Waals surface area contributed by atoms with E-state index >= 15 is 0 Å². The Morgan fingerprint density at radius 1 is 1.12 bits per heavy atom. The van der Waals surface area contributed by atoms with Gasteiger partial charge in [-0.25, -0.2) is 10.2 Å². The maximum absolute atomic E-state index is 10.6. The van der Waals surface area contributed by atoms with Crippen LogP contribution in [0.1, 0.15) is 24.5 Å². The number of amides is 2. The van der Waals surface area contributed by atoms with Crippen LogP contribution in [0.2, 0.25) is 0 Å². The first kappa shape index (κ1) is 18.3. The molecule has 6 heteroatoms. The third-order valence-electron chi connectivity index (χ3n) is 3.40. The molecule has 2 aromatic carbocycles. The third kappa shape index (κ3) is 6.95. The molecule has 132 valence electrons. The van der Waals surface area contributed by atoms with Crippen molar-refractivity contribution in [3.05, 3.63) is 59.7 Å². The Balaban J connectivity index is 1.70. The van der Waals surface area contributed by atoms with Crippen LogP contribution in [-0.4, -0.2) is 25.5 Å². The molecule has 0 unspecified atom stereocenters. The van der Waals surface area contributed by atoms with Crippen molar-refractivity contribution < 1.29 is 14.3 Å². The molecular formula is C19H23N3O3. The second-order valence-electron chi connectivity index (χ2n) is 5.35. The van der Waals surface area contributed by atoms with Crippen molar-refractivity contribution in [1.82, 2.24) is 5.43 Å². The SMILES string of the molecule is CCc1ccc(OCCCOc2cccc(C=NNC(N)=O)c2)cc1. The van der Waals surface area contributed by atoms with E-state index in [1.807, 2.05) is 36.4 Å². The van der Waals surface area contributed by atoms with Gasteiger partial charge in [-0.3, -0.25) is 0 Å². The number of nitrogens with one attached hydrogen (secondary N) is 1. The topological polar surface area (TPSA) is 85.9 Å². The molecule has 0 aliphatic carbocycles. The highest BCUT2D eigenvalue weighted by atomic mass is 16.5. The number of ether oxygens (including phenoxy) is 2. The van der Waals surface area contributed by atoms with Crippen LogP contribution < -0.4 is 20.6 Å². The van der Waals surface area contributed by atoms with E-state index in [1.165, 1.54) is 11.8 Å². The van der Waals surface area contributed by atoms with Crippen molar-refractivity contribution in [3.8, 4) is 11.5 Å². The molecule has 0 fully saturated rings. The van der Waals surface area contributed by atoms with Gasteiger partial charge >= 0.3 is 6.03 Å². The first-order chi connectivity index (χ1) is 12.2. The van der Waals surface area contributed by atoms with Gasteiger partial charge in [0.15, 0.2) is 0 Å². The van der Waals surface area contributed by atoms with Gasteiger partial charge < -0.3 is 15.2 Å². The molecule has 0 spiro atoms. The van der Waals surface area contributed by atoms with Crippen molar-refractivity contribution in [2.24, 2.45) is 10.8 Å². The Kier molecular flexibility index (Phi) is 7.31. The molecule has 0 bridgehead atoms. The van der Waals surface area contributed by atoms with E-state index in [4.69, 9.17) is 15.2 Å². The van der Waals surface area contributed by atoms with Gasteiger partial charge in [0, 0.05) is 6.42 Å². The highest BCUT2D eigenvalue weighted by molar-refractivity contribution is 5.81. The predicted octanol–water partition coefficient (Wildman–Crippen LogP) is 3.10. The molecule has 25 heavy (non-hydrogen) atoms. The first-order valence-corrected chi connectivity index (χ1v) is 8.20. The largest absolute Gasteiger partial charge is 0.493 e. The average Bonchev–Trinajstić information content (AvgIpc) is 2.62. The molecule has 2 amide bonds. The van der Waals surface area contributed by atoms with Crippen LogP contribution in [-0.2, 0) is 6.42 Å². The van der Waals surface area contributed by atoms with Crippen molar-refractivity contribution in [1.29, 1.82) is 0 Å². The first-order valence-electron chi connectivity index (χ1n) is 8.20. The average molecular weight is 341 g/mol. The van der Waals surface area contributed by atoms with Crippen LogP contribution >= 0.6 is 0 Å². The highest BCUT2D eigenvalue weighted by Crippen LogP contribution is 2.14. The Bertz CT molecular complexity index is 699. The molecule has 3 N–H and O–H groups in total. The fraction of sp³-hybridized carbons (Fsp3) is 0.263. The standard InChI is InChI=1S/C19H23N3O3/c1-2-15-7-9-17(10-8-15)24-11-4-12-25-18-6-3-5-16(13-18)14-21-22-19(20)23/h3,5-10,13-14H,2,4,11-12H2,1H3,(H3,20,22,23). The van der Waals surface area contributed by atoms with E-state index in [0.717, 1.165) is 29.9 Å². The lowest BCUT2D eigenvalue weighted by atomic mass is 10.2. The number of nitrogens with two attached hydrogens (primary N) is 1. The van der Waals surface area contributed by atoms with Crippen LogP contribution in [0.3, 0.4) is 0 Å². The number of carbonyl (C=O) groups excluding carboxylic acids is 1. The minimum absolute atomic E-state index is 0.549. The summed E-state index contributed by atoms with van der Waals surface area (Å²) in [5, 5.41) is 3.71. The predicted molar refractivity (Wildman–Crippen MR) is 98.2 cm³/mol. The molecule has 0 saturated heterocycles. The normalized spacial score (nSPS) is 10.6. The minimum atomic E-state index is -0.701. The van der Waals surface area contributed by atoms with Gasteiger partial charge in [-0.15, -0.1) is 0 Å². The van der Waals surface area contributed by atoms with E-state index < -0.39 is 6.03 Å². The van der Waals surface area contributed by atoms with Crippen LogP contribution in [0.25, 0.3) is 0 Å². The number of carbonyl (C=O) groups is 1. The van der Waals surface area contributed by atoms with Gasteiger partial charge in [-0.05, 0) is 41.8 Å². The molecule has 6 nitrogen and oxygen atoms in total. The highest BCUT2D eigenvalue weighted by Gasteiger charge is 1.98. The number of hydrogen-bond acceptors (Lipinski definition) is 4. The number of aryl methyl sites for hydroxylation is 1. The zero-order valence-electron chi connectivity index (χ0n) is 14.3. The minimum Gasteiger partial charge on any atom is -0.493 e. The number of nitrogens with zero attached hydrogens (tertiary/aromatic N) is 1. The molecular weight excluding hydrogens is 318 g/mol. The fourth-order valence-corrected chi connectivity index (χ4v) is 2.12. The van der Waals surface area contributed by atoms with Gasteiger partial charge in [-0.1, -0.05) is 31.2 Å². The van der Waals surface area contributed by atoms with Gasteiger partial charge in [0.05, 0.1) is 19.4 Å². The molecule has 0 aliphatic heterocycles.